The van der Waals surface area contributed by atoms with Gasteiger partial charge in [-0.25, -0.2) is 5.43 Å². The highest BCUT2D eigenvalue weighted by atomic mass is 16.6. The van der Waals surface area contributed by atoms with Gasteiger partial charge in [0.2, 0.25) is 0 Å². The minimum Gasteiger partial charge on any atom is -0.349 e. The van der Waals surface area contributed by atoms with Crippen molar-refractivity contribution < 1.29 is 9.72 Å². The molecular weight excluding hydrogens is 296 g/mol. The molecule has 23 heavy (non-hydrogen) atoms. The minimum absolute atomic E-state index is 0.131. The molecule has 0 saturated heterocycles. The van der Waals surface area contributed by atoms with Crippen LogP contribution in [0.4, 0.5) is 5.69 Å². The molecule has 120 valence electrons. The van der Waals surface area contributed by atoms with E-state index in [1.165, 1.54) is 24.3 Å². The van der Waals surface area contributed by atoms with Crippen molar-refractivity contribution in [3.63, 3.8) is 0 Å². The first-order chi connectivity index (χ1) is 10.9. The summed E-state index contributed by atoms with van der Waals surface area (Å²) in [6, 6.07) is 7.50. The molecule has 0 fully saturated rings. The largest absolute Gasteiger partial charge is 0.349 e. The standard InChI is InChI=1S/C16H18N4O3/c1-4-19-11(2)8-14(12(19)3)10-17-18-16(21)13-6-5-7-15(9-13)20(22)23/h5-10H,4H2,1-3H3,(H,18,21)/b17-10-. The number of hydrogen-bond donors (Lipinski definition) is 1. The lowest BCUT2D eigenvalue weighted by Crippen LogP contribution is -2.17. The number of nitrogens with zero attached hydrogens (tertiary/aromatic N) is 3. The number of nitro groups is 1. The maximum absolute atomic E-state index is 12.0. The van der Waals surface area contributed by atoms with Crippen LogP contribution >= 0.6 is 0 Å². The quantitative estimate of drug-likeness (QED) is 0.523. The van der Waals surface area contributed by atoms with Gasteiger partial charge >= 0.3 is 0 Å². The van der Waals surface area contributed by atoms with Gasteiger partial charge < -0.3 is 4.57 Å². The van der Waals surface area contributed by atoms with E-state index in [0.717, 1.165) is 23.5 Å². The first kappa shape index (κ1) is 16.4. The fourth-order valence-corrected chi connectivity index (χ4v) is 2.43. The van der Waals surface area contributed by atoms with E-state index < -0.39 is 10.8 Å². The monoisotopic (exact) mass is 314 g/mol. The van der Waals surface area contributed by atoms with Gasteiger partial charge in [0.1, 0.15) is 0 Å². The minimum atomic E-state index is -0.542. The molecule has 0 aliphatic rings. The van der Waals surface area contributed by atoms with Crippen molar-refractivity contribution in [1.82, 2.24) is 9.99 Å². The maximum atomic E-state index is 12.0. The lowest BCUT2D eigenvalue weighted by molar-refractivity contribution is -0.384. The summed E-state index contributed by atoms with van der Waals surface area (Å²) in [4.78, 5) is 22.1. The molecule has 0 saturated carbocycles. The second-order valence-corrected chi connectivity index (χ2v) is 5.08. The number of nitro benzene ring substituents is 1. The molecule has 2 aromatic rings. The van der Waals surface area contributed by atoms with Gasteiger partial charge in [-0.05, 0) is 32.9 Å². The zero-order valence-corrected chi connectivity index (χ0v) is 13.2. The molecule has 0 aliphatic heterocycles. The van der Waals surface area contributed by atoms with E-state index in [1.54, 1.807) is 6.21 Å². The van der Waals surface area contributed by atoms with Crippen molar-refractivity contribution in [1.29, 1.82) is 0 Å². The molecule has 1 aromatic heterocycles. The SMILES string of the molecule is CCn1c(C)cc(/C=N\NC(=O)c2cccc([N+](=O)[O-])c2)c1C. The number of hydrazone groups is 1. The van der Waals surface area contributed by atoms with E-state index in [-0.39, 0.29) is 11.3 Å². The molecular formula is C16H18N4O3. The second kappa shape index (κ2) is 6.87. The topological polar surface area (TPSA) is 89.5 Å². The molecule has 0 bridgehead atoms. The predicted molar refractivity (Wildman–Crippen MR) is 87.7 cm³/mol. The summed E-state index contributed by atoms with van der Waals surface area (Å²) < 4.78 is 2.14. The van der Waals surface area contributed by atoms with E-state index >= 15 is 0 Å². The third-order valence-electron chi connectivity index (χ3n) is 3.62. The number of amides is 1. The summed E-state index contributed by atoms with van der Waals surface area (Å²) >= 11 is 0. The molecule has 1 aromatic carbocycles. The Bertz CT molecular complexity index is 778. The highest BCUT2D eigenvalue weighted by Crippen LogP contribution is 2.14. The van der Waals surface area contributed by atoms with E-state index in [1.807, 2.05) is 19.9 Å². The number of hydrogen-bond acceptors (Lipinski definition) is 4. The van der Waals surface area contributed by atoms with Crippen LogP contribution in [-0.2, 0) is 6.54 Å². The third-order valence-corrected chi connectivity index (χ3v) is 3.62. The molecule has 7 nitrogen and oxygen atoms in total. The molecule has 1 N–H and O–H groups in total. The lowest BCUT2D eigenvalue weighted by Gasteiger charge is -2.04. The molecule has 0 aliphatic carbocycles. The number of aromatic nitrogens is 1. The van der Waals surface area contributed by atoms with Gasteiger partial charge in [0.25, 0.3) is 11.6 Å². The van der Waals surface area contributed by atoms with Crippen molar-refractivity contribution in [3.05, 3.63) is 63.0 Å². The third kappa shape index (κ3) is 3.63. The van der Waals surface area contributed by atoms with Crippen LogP contribution in [0.5, 0.6) is 0 Å². The van der Waals surface area contributed by atoms with E-state index in [0.29, 0.717) is 0 Å². The van der Waals surface area contributed by atoms with Crippen molar-refractivity contribution in [3.8, 4) is 0 Å². The Kier molecular flexibility index (Phi) is 4.90. The average molecular weight is 314 g/mol. The van der Waals surface area contributed by atoms with Gasteiger partial charge in [-0.3, -0.25) is 14.9 Å². The Morgan fingerprint density at radius 3 is 2.74 bits per heavy atom. The molecule has 0 radical (unpaired) electrons. The van der Waals surface area contributed by atoms with Crippen LogP contribution in [0.3, 0.4) is 0 Å². The Labute approximate surface area is 133 Å². The summed E-state index contributed by atoms with van der Waals surface area (Å²) in [6.45, 7) is 6.92. The van der Waals surface area contributed by atoms with Gasteiger partial charge in [-0.2, -0.15) is 5.10 Å². The molecule has 2 rings (SSSR count). The van der Waals surface area contributed by atoms with E-state index in [4.69, 9.17) is 0 Å². The maximum Gasteiger partial charge on any atom is 0.271 e. The van der Waals surface area contributed by atoms with Gasteiger partial charge in [-0.1, -0.05) is 6.07 Å². The van der Waals surface area contributed by atoms with Crippen molar-refractivity contribution in [2.45, 2.75) is 27.3 Å². The number of benzene rings is 1. The van der Waals surface area contributed by atoms with Gasteiger partial charge in [-0.15, -0.1) is 0 Å². The zero-order valence-electron chi connectivity index (χ0n) is 13.2. The fourth-order valence-electron chi connectivity index (χ4n) is 2.43. The number of rotatable bonds is 5. The van der Waals surface area contributed by atoms with Crippen LogP contribution in [-0.4, -0.2) is 21.6 Å². The normalized spacial score (nSPS) is 10.9. The highest BCUT2D eigenvalue weighted by Gasteiger charge is 2.11. The zero-order chi connectivity index (χ0) is 17.0. The second-order valence-electron chi connectivity index (χ2n) is 5.08. The molecule has 1 heterocycles. The summed E-state index contributed by atoms with van der Waals surface area (Å²) in [5.74, 6) is -0.491. The molecule has 0 atom stereocenters. The number of carbonyl (C=O) groups excluding carboxylic acids is 1. The number of carbonyl (C=O) groups is 1. The van der Waals surface area contributed by atoms with Crippen LogP contribution < -0.4 is 5.43 Å². The van der Waals surface area contributed by atoms with E-state index in [2.05, 4.69) is 22.0 Å². The Hall–Kier alpha value is -2.96. The summed E-state index contributed by atoms with van der Waals surface area (Å²) in [5.41, 5.74) is 5.55. The molecule has 0 unspecified atom stereocenters. The van der Waals surface area contributed by atoms with Gasteiger partial charge in [0, 0.05) is 41.2 Å². The first-order valence-corrected chi connectivity index (χ1v) is 7.18. The summed E-state index contributed by atoms with van der Waals surface area (Å²) in [5, 5.41) is 14.7. The van der Waals surface area contributed by atoms with E-state index in [9.17, 15) is 14.9 Å². The van der Waals surface area contributed by atoms with Gasteiger partial charge in [0.15, 0.2) is 0 Å². The number of nitrogens with one attached hydrogen (secondary N) is 1. The molecule has 0 spiro atoms. The average Bonchev–Trinajstić information content (AvgIpc) is 2.81. The summed E-state index contributed by atoms with van der Waals surface area (Å²) in [7, 11) is 0. The van der Waals surface area contributed by atoms with Crippen LogP contribution in [0.25, 0.3) is 0 Å². The number of aryl methyl sites for hydroxylation is 1. The smallest absolute Gasteiger partial charge is 0.271 e. The van der Waals surface area contributed by atoms with Crippen molar-refractivity contribution in [2.24, 2.45) is 5.10 Å². The van der Waals surface area contributed by atoms with Crippen molar-refractivity contribution in [2.75, 3.05) is 0 Å². The van der Waals surface area contributed by atoms with Crippen LogP contribution in [0.15, 0.2) is 35.4 Å². The molecule has 7 heteroatoms. The molecule has 1 amide bonds. The van der Waals surface area contributed by atoms with Crippen LogP contribution in [0.2, 0.25) is 0 Å². The fraction of sp³-hybridized carbons (Fsp3) is 0.250. The van der Waals surface area contributed by atoms with Gasteiger partial charge in [0.05, 0.1) is 11.1 Å². The summed E-state index contributed by atoms with van der Waals surface area (Å²) in [6.07, 6.45) is 1.57. The Morgan fingerprint density at radius 1 is 1.39 bits per heavy atom. The van der Waals surface area contributed by atoms with Crippen LogP contribution in [0, 0.1) is 24.0 Å². The first-order valence-electron chi connectivity index (χ1n) is 7.18. The Balaban J connectivity index is 2.10. The van der Waals surface area contributed by atoms with Crippen LogP contribution in [0.1, 0.15) is 34.2 Å². The van der Waals surface area contributed by atoms with Crippen molar-refractivity contribution >= 4 is 17.8 Å². The Morgan fingerprint density at radius 2 is 2.13 bits per heavy atom. The lowest BCUT2D eigenvalue weighted by atomic mass is 10.2. The highest BCUT2D eigenvalue weighted by molar-refractivity contribution is 5.95. The number of non-ortho nitro benzene ring substituents is 1. The predicted octanol–water partition coefficient (Wildman–Crippen LogP) is 2.80.